The summed E-state index contributed by atoms with van der Waals surface area (Å²) in [5, 5.41) is 0. The lowest BCUT2D eigenvalue weighted by Gasteiger charge is -2.27. The predicted molar refractivity (Wildman–Crippen MR) is 91.9 cm³/mol. The first kappa shape index (κ1) is 17.2. The Bertz CT molecular complexity index is 760. The minimum atomic E-state index is -0.667. The van der Waals surface area contributed by atoms with Crippen molar-refractivity contribution in [3.63, 3.8) is 0 Å². The molecule has 2 bridgehead atoms. The molecule has 3 aliphatic rings. The number of aryl methyl sites for hydroxylation is 1. The molecule has 3 aliphatic heterocycles. The fraction of sp³-hybridized carbons (Fsp3) is 0.611. The summed E-state index contributed by atoms with van der Waals surface area (Å²) >= 11 is 0. The Hall–Kier alpha value is -2.19. The zero-order chi connectivity index (χ0) is 18.5. The maximum absolute atomic E-state index is 13.2. The lowest BCUT2D eigenvalue weighted by Crippen LogP contribution is -2.44. The first-order valence-electron chi connectivity index (χ1n) is 8.83. The lowest BCUT2D eigenvalue weighted by molar-refractivity contribution is -0.143. The zero-order valence-corrected chi connectivity index (χ0v) is 15.3. The second kappa shape index (κ2) is 6.21. The van der Waals surface area contributed by atoms with Gasteiger partial charge < -0.3 is 23.8 Å². The molecule has 1 spiro atoms. The Balaban J connectivity index is 1.53. The van der Waals surface area contributed by atoms with Gasteiger partial charge in [0.25, 0.3) is 0 Å². The summed E-state index contributed by atoms with van der Waals surface area (Å²) in [7, 11) is 5.26. The van der Waals surface area contributed by atoms with Crippen LogP contribution < -0.4 is 0 Å². The Kier molecular flexibility index (Phi) is 4.11. The van der Waals surface area contributed by atoms with Crippen LogP contribution in [0.3, 0.4) is 0 Å². The van der Waals surface area contributed by atoms with Crippen LogP contribution in [0.15, 0.2) is 24.5 Å². The quantitative estimate of drug-likeness (QED) is 0.657. The third-order valence-electron chi connectivity index (χ3n) is 5.70. The molecule has 0 radical (unpaired) electrons. The summed E-state index contributed by atoms with van der Waals surface area (Å²) in [6.07, 6.45) is 7.13. The van der Waals surface area contributed by atoms with Gasteiger partial charge in [-0.05, 0) is 0 Å². The van der Waals surface area contributed by atoms with Gasteiger partial charge >= 0.3 is 0 Å². The van der Waals surface area contributed by atoms with Gasteiger partial charge in [0, 0.05) is 40.1 Å². The van der Waals surface area contributed by atoms with Crippen molar-refractivity contribution in [2.24, 2.45) is 18.9 Å². The number of ether oxygens (including phenoxy) is 2. The average Bonchev–Trinajstić information content (AvgIpc) is 3.35. The van der Waals surface area contributed by atoms with Gasteiger partial charge in [0.05, 0.1) is 37.6 Å². The monoisotopic (exact) mass is 360 g/mol. The molecule has 26 heavy (non-hydrogen) atoms. The molecule has 2 saturated heterocycles. The largest absolute Gasteiger partial charge is 0.383 e. The average molecular weight is 360 g/mol. The molecule has 0 aromatic carbocycles. The number of aromatic nitrogens is 2. The van der Waals surface area contributed by atoms with E-state index in [1.165, 1.54) is 0 Å². The van der Waals surface area contributed by atoms with Crippen molar-refractivity contribution in [3.8, 4) is 0 Å². The molecule has 4 atom stereocenters. The topological polar surface area (TPSA) is 76.9 Å². The smallest absolute Gasteiger partial charge is 0.230 e. The van der Waals surface area contributed by atoms with Crippen LogP contribution in [-0.4, -0.2) is 76.7 Å². The van der Waals surface area contributed by atoms with Crippen LogP contribution >= 0.6 is 0 Å². The number of amides is 2. The van der Waals surface area contributed by atoms with E-state index in [1.54, 1.807) is 30.2 Å². The zero-order valence-electron chi connectivity index (χ0n) is 15.3. The molecule has 2 fully saturated rings. The van der Waals surface area contributed by atoms with E-state index in [4.69, 9.17) is 9.47 Å². The molecule has 4 rings (SSSR count). The van der Waals surface area contributed by atoms with E-state index in [0.29, 0.717) is 26.2 Å². The van der Waals surface area contributed by atoms with Gasteiger partial charge in [-0.15, -0.1) is 0 Å². The molecule has 0 N–H and O–H groups in total. The second-order valence-corrected chi connectivity index (χ2v) is 7.30. The summed E-state index contributed by atoms with van der Waals surface area (Å²) in [5.74, 6) is -0.223. The molecule has 8 nitrogen and oxygen atoms in total. The number of carbonyl (C=O) groups is 2. The van der Waals surface area contributed by atoms with E-state index in [-0.39, 0.29) is 17.9 Å². The Morgan fingerprint density at radius 3 is 3.04 bits per heavy atom. The van der Waals surface area contributed by atoms with Crippen LogP contribution in [-0.2, 0) is 32.7 Å². The van der Waals surface area contributed by atoms with E-state index < -0.39 is 17.4 Å². The lowest BCUT2D eigenvalue weighted by atomic mass is 9.76. The van der Waals surface area contributed by atoms with Gasteiger partial charge in [-0.3, -0.25) is 9.59 Å². The van der Waals surface area contributed by atoms with E-state index in [9.17, 15) is 9.59 Å². The van der Waals surface area contributed by atoms with E-state index >= 15 is 0 Å². The number of rotatable bonds is 6. The van der Waals surface area contributed by atoms with E-state index in [0.717, 1.165) is 5.82 Å². The van der Waals surface area contributed by atoms with E-state index in [2.05, 4.69) is 4.98 Å². The number of imidazole rings is 1. The summed E-state index contributed by atoms with van der Waals surface area (Å²) in [4.78, 5) is 33.8. The molecule has 4 heterocycles. The molecule has 0 unspecified atom stereocenters. The maximum Gasteiger partial charge on any atom is 0.230 e. The normalized spacial score (nSPS) is 31.7. The minimum Gasteiger partial charge on any atom is -0.383 e. The number of hydrogen-bond donors (Lipinski definition) is 0. The summed E-state index contributed by atoms with van der Waals surface area (Å²) in [5.41, 5.74) is -0.667. The van der Waals surface area contributed by atoms with Gasteiger partial charge in [-0.2, -0.15) is 0 Å². The molecular formula is C18H24N4O4. The van der Waals surface area contributed by atoms with Crippen molar-refractivity contribution < 1.29 is 19.1 Å². The number of likely N-dealkylation sites (tertiary alicyclic amines) is 1. The third kappa shape index (κ3) is 2.47. The first-order chi connectivity index (χ1) is 12.5. The fourth-order valence-electron chi connectivity index (χ4n) is 4.34. The summed E-state index contributed by atoms with van der Waals surface area (Å²) < 4.78 is 13.1. The van der Waals surface area contributed by atoms with Crippen LogP contribution in [0.1, 0.15) is 5.82 Å². The van der Waals surface area contributed by atoms with E-state index in [1.807, 2.05) is 30.0 Å². The van der Waals surface area contributed by atoms with Crippen LogP contribution in [0.2, 0.25) is 0 Å². The predicted octanol–water partition coefficient (Wildman–Crippen LogP) is -0.193. The number of nitrogens with zero attached hydrogens (tertiary/aromatic N) is 4. The van der Waals surface area contributed by atoms with Crippen LogP contribution in [0.4, 0.5) is 0 Å². The molecule has 1 aromatic heterocycles. The van der Waals surface area contributed by atoms with Gasteiger partial charge in [-0.25, -0.2) is 4.98 Å². The fourth-order valence-corrected chi connectivity index (χ4v) is 4.34. The number of methoxy groups -OCH3 is 1. The van der Waals surface area contributed by atoms with Crippen LogP contribution in [0, 0.1) is 11.8 Å². The Labute approximate surface area is 152 Å². The number of fused-ring (bicyclic) bond motifs is 1. The minimum absolute atomic E-state index is 0.0161. The molecule has 140 valence electrons. The third-order valence-corrected chi connectivity index (χ3v) is 5.70. The number of carbonyl (C=O) groups excluding carboxylic acids is 2. The molecule has 1 aromatic rings. The van der Waals surface area contributed by atoms with Crippen molar-refractivity contribution >= 4 is 11.8 Å². The van der Waals surface area contributed by atoms with Gasteiger partial charge in [0.1, 0.15) is 11.4 Å². The molecule has 2 amide bonds. The molecule has 0 aliphatic carbocycles. The summed E-state index contributed by atoms with van der Waals surface area (Å²) in [6.45, 7) is 1.87. The SMILES string of the molecule is COCCN1C[C@]23C=C[C@H](O2)[C@@H](C(=O)N(C)Cc2nccn2C)[C@@H]3C1=O. The van der Waals surface area contributed by atoms with Gasteiger partial charge in [0.15, 0.2) is 0 Å². The number of hydrogen-bond acceptors (Lipinski definition) is 5. The van der Waals surface area contributed by atoms with Crippen LogP contribution in [0.5, 0.6) is 0 Å². The van der Waals surface area contributed by atoms with Gasteiger partial charge in [-0.1, -0.05) is 12.2 Å². The second-order valence-electron chi connectivity index (χ2n) is 7.30. The molecular weight excluding hydrogens is 336 g/mol. The maximum atomic E-state index is 13.2. The van der Waals surface area contributed by atoms with Crippen LogP contribution in [0.25, 0.3) is 0 Å². The highest BCUT2D eigenvalue weighted by Gasteiger charge is 2.66. The molecule has 8 heteroatoms. The Morgan fingerprint density at radius 2 is 2.35 bits per heavy atom. The highest BCUT2D eigenvalue weighted by atomic mass is 16.5. The van der Waals surface area contributed by atoms with Gasteiger partial charge in [0.2, 0.25) is 11.8 Å². The van der Waals surface area contributed by atoms with Crippen molar-refractivity contribution in [2.45, 2.75) is 18.2 Å². The van der Waals surface area contributed by atoms with Crippen molar-refractivity contribution in [2.75, 3.05) is 33.9 Å². The van der Waals surface area contributed by atoms with Crippen molar-refractivity contribution in [3.05, 3.63) is 30.4 Å². The van der Waals surface area contributed by atoms with Crippen molar-refractivity contribution in [1.82, 2.24) is 19.4 Å². The summed E-state index contributed by atoms with van der Waals surface area (Å²) in [6, 6.07) is 0. The molecule has 0 saturated carbocycles. The Morgan fingerprint density at radius 1 is 1.54 bits per heavy atom. The standard InChI is InChI=1S/C18H24N4O4/c1-20-7-6-19-13(20)10-21(2)16(23)14-12-4-5-18(26-12)11-22(8-9-25-3)17(24)15(14)18/h4-7,12,14-15H,8-11H2,1-3H3/t12-,14+,15+,18-/m0/s1. The highest BCUT2D eigenvalue weighted by Crippen LogP contribution is 2.52. The first-order valence-corrected chi connectivity index (χ1v) is 8.83. The van der Waals surface area contributed by atoms with Crippen molar-refractivity contribution in [1.29, 1.82) is 0 Å². The highest BCUT2D eigenvalue weighted by molar-refractivity contribution is 5.92.